The minimum absolute atomic E-state index is 0.886. The predicted octanol–water partition coefficient (Wildman–Crippen LogP) is 4.56. The molecule has 0 saturated heterocycles. The standard InChI is InChI=1S/C19H17N3S/c1-3-8-15(9-4-1)17-14-18(16-10-5-2-6-11-16)22(21-17)19-20-12-7-13-23-19/h1-6,8-11,14H,7,12-13H2. The van der Waals surface area contributed by atoms with E-state index in [1.165, 1.54) is 0 Å². The molecule has 0 fully saturated rings. The fourth-order valence-corrected chi connectivity index (χ4v) is 3.57. The van der Waals surface area contributed by atoms with Crippen LogP contribution in [0.3, 0.4) is 0 Å². The maximum absolute atomic E-state index is 4.85. The van der Waals surface area contributed by atoms with Crippen LogP contribution in [0.1, 0.15) is 6.42 Å². The molecule has 1 aliphatic rings. The van der Waals surface area contributed by atoms with E-state index in [0.29, 0.717) is 0 Å². The van der Waals surface area contributed by atoms with Gasteiger partial charge in [0, 0.05) is 23.4 Å². The largest absolute Gasteiger partial charge is 0.261 e. The van der Waals surface area contributed by atoms with Gasteiger partial charge in [-0.05, 0) is 12.5 Å². The summed E-state index contributed by atoms with van der Waals surface area (Å²) in [6, 6.07) is 22.9. The maximum atomic E-state index is 4.85. The van der Waals surface area contributed by atoms with Crippen molar-refractivity contribution in [3.63, 3.8) is 0 Å². The van der Waals surface area contributed by atoms with E-state index in [0.717, 1.165) is 46.4 Å². The predicted molar refractivity (Wildman–Crippen MR) is 97.9 cm³/mol. The second-order valence-corrected chi connectivity index (χ2v) is 6.49. The molecule has 3 nitrogen and oxygen atoms in total. The molecule has 23 heavy (non-hydrogen) atoms. The van der Waals surface area contributed by atoms with E-state index < -0.39 is 0 Å². The van der Waals surface area contributed by atoms with E-state index in [9.17, 15) is 0 Å². The average Bonchev–Trinajstić information content (AvgIpc) is 3.09. The molecule has 4 rings (SSSR count). The van der Waals surface area contributed by atoms with Crippen molar-refractivity contribution in [2.45, 2.75) is 6.42 Å². The van der Waals surface area contributed by atoms with Crippen molar-refractivity contribution < 1.29 is 0 Å². The minimum atomic E-state index is 0.886. The van der Waals surface area contributed by atoms with Gasteiger partial charge in [-0.2, -0.15) is 5.10 Å². The van der Waals surface area contributed by atoms with Crippen molar-refractivity contribution in [3.05, 3.63) is 66.7 Å². The van der Waals surface area contributed by atoms with Gasteiger partial charge in [0.25, 0.3) is 0 Å². The number of thioether (sulfide) groups is 1. The van der Waals surface area contributed by atoms with Crippen LogP contribution in [0.15, 0.2) is 71.7 Å². The Labute approximate surface area is 140 Å². The number of hydrogen-bond acceptors (Lipinski definition) is 3. The van der Waals surface area contributed by atoms with E-state index in [-0.39, 0.29) is 0 Å². The molecule has 0 unspecified atom stereocenters. The highest BCUT2D eigenvalue weighted by atomic mass is 32.2. The van der Waals surface area contributed by atoms with Crippen LogP contribution in [0, 0.1) is 0 Å². The fourth-order valence-electron chi connectivity index (χ4n) is 2.67. The molecule has 3 aromatic rings. The first-order valence-corrected chi connectivity index (χ1v) is 8.79. The zero-order valence-electron chi connectivity index (χ0n) is 12.7. The number of benzene rings is 2. The van der Waals surface area contributed by atoms with Crippen LogP contribution >= 0.6 is 11.8 Å². The summed E-state index contributed by atoms with van der Waals surface area (Å²) in [7, 11) is 0. The molecule has 4 heteroatoms. The lowest BCUT2D eigenvalue weighted by Gasteiger charge is -2.13. The first kappa shape index (κ1) is 14.3. The van der Waals surface area contributed by atoms with Gasteiger partial charge in [-0.25, -0.2) is 4.68 Å². The summed E-state index contributed by atoms with van der Waals surface area (Å²) >= 11 is 1.78. The first-order chi connectivity index (χ1) is 11.4. The molecule has 2 heterocycles. The molecule has 0 atom stereocenters. The Morgan fingerprint density at radius 1 is 0.870 bits per heavy atom. The van der Waals surface area contributed by atoms with Gasteiger partial charge in [-0.15, -0.1) is 0 Å². The Hall–Kier alpha value is -2.33. The smallest absolute Gasteiger partial charge is 0.184 e. The van der Waals surface area contributed by atoms with Gasteiger partial charge < -0.3 is 0 Å². The van der Waals surface area contributed by atoms with Crippen molar-refractivity contribution in [1.82, 2.24) is 9.78 Å². The third kappa shape index (κ3) is 2.94. The quantitative estimate of drug-likeness (QED) is 0.693. The zero-order valence-corrected chi connectivity index (χ0v) is 13.5. The molecular formula is C19H17N3S. The van der Waals surface area contributed by atoms with E-state index in [1.807, 2.05) is 28.9 Å². The summed E-state index contributed by atoms with van der Waals surface area (Å²) in [6.45, 7) is 0.886. The number of rotatable bonds is 2. The van der Waals surface area contributed by atoms with Gasteiger partial charge in [0.1, 0.15) is 0 Å². The average molecular weight is 319 g/mol. The van der Waals surface area contributed by atoms with Gasteiger partial charge in [-0.3, -0.25) is 4.99 Å². The monoisotopic (exact) mass is 319 g/mol. The maximum Gasteiger partial charge on any atom is 0.184 e. The molecule has 0 aliphatic carbocycles. The van der Waals surface area contributed by atoms with Crippen LogP contribution in [-0.2, 0) is 0 Å². The lowest BCUT2D eigenvalue weighted by Crippen LogP contribution is -2.16. The molecule has 2 aromatic carbocycles. The minimum Gasteiger partial charge on any atom is -0.261 e. The van der Waals surface area contributed by atoms with Crippen molar-refractivity contribution in [2.75, 3.05) is 12.3 Å². The third-order valence-electron chi connectivity index (χ3n) is 3.81. The Morgan fingerprint density at radius 3 is 2.22 bits per heavy atom. The van der Waals surface area contributed by atoms with Crippen LogP contribution in [-0.4, -0.2) is 27.2 Å². The van der Waals surface area contributed by atoms with Gasteiger partial charge in [0.2, 0.25) is 0 Å². The first-order valence-electron chi connectivity index (χ1n) is 7.80. The highest BCUT2D eigenvalue weighted by Gasteiger charge is 2.17. The van der Waals surface area contributed by atoms with E-state index in [1.54, 1.807) is 11.8 Å². The van der Waals surface area contributed by atoms with Crippen molar-refractivity contribution in [1.29, 1.82) is 0 Å². The summed E-state index contributed by atoms with van der Waals surface area (Å²) < 4.78 is 2.00. The number of hydrogen-bond donors (Lipinski definition) is 0. The molecular weight excluding hydrogens is 302 g/mol. The van der Waals surface area contributed by atoms with Crippen LogP contribution in [0.4, 0.5) is 0 Å². The summed E-state index contributed by atoms with van der Waals surface area (Å²) in [5.41, 5.74) is 4.37. The van der Waals surface area contributed by atoms with Gasteiger partial charge in [0.15, 0.2) is 5.17 Å². The van der Waals surface area contributed by atoms with E-state index in [4.69, 9.17) is 5.10 Å². The summed E-state index contributed by atoms with van der Waals surface area (Å²) in [5.74, 6) is 1.10. The Bertz CT molecular complexity index is 822. The molecule has 0 amide bonds. The lowest BCUT2D eigenvalue weighted by atomic mass is 10.1. The van der Waals surface area contributed by atoms with E-state index >= 15 is 0 Å². The molecule has 1 aromatic heterocycles. The Balaban J connectivity index is 1.86. The van der Waals surface area contributed by atoms with Gasteiger partial charge in [0.05, 0.1) is 11.4 Å². The second kappa shape index (κ2) is 6.42. The number of aromatic nitrogens is 2. The highest BCUT2D eigenvalue weighted by Crippen LogP contribution is 2.28. The summed E-state index contributed by atoms with van der Waals surface area (Å²) in [5, 5.41) is 5.84. The third-order valence-corrected chi connectivity index (χ3v) is 4.86. The Morgan fingerprint density at radius 2 is 1.57 bits per heavy atom. The molecule has 0 saturated carbocycles. The normalized spacial score (nSPS) is 14.5. The zero-order chi connectivity index (χ0) is 15.5. The molecule has 0 bridgehead atoms. The highest BCUT2D eigenvalue weighted by molar-refractivity contribution is 8.13. The van der Waals surface area contributed by atoms with Gasteiger partial charge >= 0.3 is 0 Å². The molecule has 0 spiro atoms. The number of nitrogens with zero attached hydrogens (tertiary/aromatic N) is 3. The molecule has 0 N–H and O–H groups in total. The number of aliphatic imine (C=N–C) groups is 1. The van der Waals surface area contributed by atoms with Crippen molar-refractivity contribution >= 4 is 16.9 Å². The van der Waals surface area contributed by atoms with E-state index in [2.05, 4.69) is 47.5 Å². The van der Waals surface area contributed by atoms with Crippen LogP contribution in [0.25, 0.3) is 22.5 Å². The SMILES string of the molecule is c1ccc(-c2cc(-c3ccccc3)n(C3=NCCCS3)n2)cc1. The second-order valence-electron chi connectivity index (χ2n) is 5.42. The summed E-state index contributed by atoms with van der Waals surface area (Å²) in [6.07, 6.45) is 1.14. The molecule has 114 valence electrons. The molecule has 1 aliphatic heterocycles. The van der Waals surface area contributed by atoms with Gasteiger partial charge in [-0.1, -0.05) is 72.4 Å². The van der Waals surface area contributed by atoms with Crippen molar-refractivity contribution in [3.8, 4) is 22.5 Å². The topological polar surface area (TPSA) is 30.2 Å². The summed E-state index contributed by atoms with van der Waals surface area (Å²) in [4.78, 5) is 4.67. The lowest BCUT2D eigenvalue weighted by molar-refractivity contribution is 0.892. The van der Waals surface area contributed by atoms with Crippen LogP contribution < -0.4 is 0 Å². The molecule has 0 radical (unpaired) electrons. The fraction of sp³-hybridized carbons (Fsp3) is 0.158. The van der Waals surface area contributed by atoms with Crippen LogP contribution in [0.5, 0.6) is 0 Å². The Kier molecular flexibility index (Phi) is 3.99. The van der Waals surface area contributed by atoms with Crippen molar-refractivity contribution in [2.24, 2.45) is 4.99 Å². The van der Waals surface area contributed by atoms with Crippen LogP contribution in [0.2, 0.25) is 0 Å².